The Hall–Kier alpha value is -2.80. The van der Waals surface area contributed by atoms with Crippen LogP contribution in [0.3, 0.4) is 0 Å². The van der Waals surface area contributed by atoms with E-state index in [2.05, 4.69) is 34.8 Å². The van der Waals surface area contributed by atoms with Gasteiger partial charge in [0.25, 0.3) is 0 Å². The zero-order chi connectivity index (χ0) is 23.4. The molecule has 7 nitrogen and oxygen atoms in total. The number of unbranched alkanes of at least 4 members (excludes halogenated alkanes) is 2. The lowest BCUT2D eigenvalue weighted by Crippen LogP contribution is -2.44. The number of hydrogen-bond donors (Lipinski definition) is 2. The Labute approximate surface area is 196 Å². The van der Waals surface area contributed by atoms with Crippen molar-refractivity contribution < 1.29 is 4.79 Å². The van der Waals surface area contributed by atoms with Gasteiger partial charge in [-0.25, -0.2) is 9.97 Å². The van der Waals surface area contributed by atoms with Gasteiger partial charge in [0.1, 0.15) is 23.3 Å². The number of benzene rings is 1. The fourth-order valence-corrected chi connectivity index (χ4v) is 5.34. The number of rotatable bonds is 8. The van der Waals surface area contributed by atoms with Gasteiger partial charge in [-0.3, -0.25) is 15.1 Å². The number of piperidine rings is 1. The van der Waals surface area contributed by atoms with Crippen LogP contribution in [-0.4, -0.2) is 51.8 Å². The summed E-state index contributed by atoms with van der Waals surface area (Å²) in [6.45, 7) is 6.54. The Morgan fingerprint density at radius 1 is 1.09 bits per heavy atom. The number of carbonyl (C=O) groups excluding carboxylic acids is 1. The van der Waals surface area contributed by atoms with Crippen molar-refractivity contribution in [3.63, 3.8) is 0 Å². The van der Waals surface area contributed by atoms with Crippen molar-refractivity contribution in [1.82, 2.24) is 14.9 Å². The Kier molecular flexibility index (Phi) is 7.38. The van der Waals surface area contributed by atoms with Crippen molar-refractivity contribution in [2.24, 2.45) is 5.73 Å². The number of nitrogens with two attached hydrogens (primary N) is 1. The molecule has 0 aliphatic carbocycles. The lowest BCUT2D eigenvalue weighted by molar-refractivity contribution is -0.120. The van der Waals surface area contributed by atoms with E-state index in [1.807, 2.05) is 23.1 Å². The van der Waals surface area contributed by atoms with Crippen LogP contribution in [-0.2, 0) is 11.2 Å². The second-order valence-corrected chi connectivity index (χ2v) is 9.52. The van der Waals surface area contributed by atoms with E-state index in [-0.39, 0.29) is 11.7 Å². The highest BCUT2D eigenvalue weighted by Gasteiger charge is 2.35. The SMILES string of the molecule is C[C@@H]1CCC[C@H](C)N1CCCCCN1C(=O)C(c2nccc(C(=N)N)n2)Cc2ccccc21. The van der Waals surface area contributed by atoms with Crippen molar-refractivity contribution in [3.05, 3.63) is 53.6 Å². The molecule has 3 atom stereocenters. The number of likely N-dealkylation sites (tertiary alicyclic amines) is 1. The summed E-state index contributed by atoms with van der Waals surface area (Å²) in [4.78, 5) is 26.9. The summed E-state index contributed by atoms with van der Waals surface area (Å²) >= 11 is 0. The maximum absolute atomic E-state index is 13.5. The van der Waals surface area contributed by atoms with Crippen molar-refractivity contribution in [2.45, 2.75) is 76.8 Å². The lowest BCUT2D eigenvalue weighted by atomic mass is 9.90. The average molecular weight is 449 g/mol. The monoisotopic (exact) mass is 448 g/mol. The van der Waals surface area contributed by atoms with Crippen LogP contribution in [0.25, 0.3) is 0 Å². The molecule has 0 saturated carbocycles. The van der Waals surface area contributed by atoms with Gasteiger partial charge in [-0.2, -0.15) is 0 Å². The number of para-hydroxylation sites is 1. The van der Waals surface area contributed by atoms with E-state index in [1.54, 1.807) is 12.3 Å². The zero-order valence-electron chi connectivity index (χ0n) is 19.8. The summed E-state index contributed by atoms with van der Waals surface area (Å²) in [6.07, 6.45) is 9.33. The molecule has 0 radical (unpaired) electrons. The molecule has 4 rings (SSSR count). The predicted molar refractivity (Wildman–Crippen MR) is 132 cm³/mol. The molecule has 3 heterocycles. The summed E-state index contributed by atoms with van der Waals surface area (Å²) < 4.78 is 0. The van der Waals surface area contributed by atoms with E-state index >= 15 is 0 Å². The van der Waals surface area contributed by atoms with Crippen LogP contribution < -0.4 is 10.6 Å². The maximum atomic E-state index is 13.5. The Balaban J connectivity index is 1.42. The van der Waals surface area contributed by atoms with Gasteiger partial charge in [0, 0.05) is 30.5 Å². The van der Waals surface area contributed by atoms with Crippen LogP contribution in [0.5, 0.6) is 0 Å². The first-order valence-electron chi connectivity index (χ1n) is 12.3. The molecule has 1 saturated heterocycles. The molecule has 2 aliphatic heterocycles. The Morgan fingerprint density at radius 2 is 1.82 bits per heavy atom. The first kappa shape index (κ1) is 23.4. The minimum Gasteiger partial charge on any atom is -0.382 e. The summed E-state index contributed by atoms with van der Waals surface area (Å²) in [5.41, 5.74) is 8.10. The van der Waals surface area contributed by atoms with Crippen LogP contribution >= 0.6 is 0 Å². The third kappa shape index (κ3) is 5.24. The molecule has 1 unspecified atom stereocenters. The molecule has 2 aliphatic rings. The van der Waals surface area contributed by atoms with Gasteiger partial charge in [-0.1, -0.05) is 31.0 Å². The van der Waals surface area contributed by atoms with Crippen molar-refractivity contribution in [1.29, 1.82) is 5.41 Å². The summed E-state index contributed by atoms with van der Waals surface area (Å²) in [6, 6.07) is 11.1. The molecule has 0 spiro atoms. The van der Waals surface area contributed by atoms with Crippen molar-refractivity contribution in [2.75, 3.05) is 18.0 Å². The number of nitrogens with zero attached hydrogens (tertiary/aromatic N) is 4. The largest absolute Gasteiger partial charge is 0.382 e. The molecule has 1 fully saturated rings. The lowest BCUT2D eigenvalue weighted by Gasteiger charge is -2.39. The van der Waals surface area contributed by atoms with Crippen LogP contribution in [0.2, 0.25) is 0 Å². The molecule has 1 amide bonds. The third-order valence-electron chi connectivity index (χ3n) is 7.21. The molecule has 1 aromatic heterocycles. The van der Waals surface area contributed by atoms with Gasteiger partial charge in [0.2, 0.25) is 5.91 Å². The first-order valence-corrected chi connectivity index (χ1v) is 12.3. The highest BCUT2D eigenvalue weighted by Crippen LogP contribution is 2.34. The molecule has 1 aromatic carbocycles. The number of amidine groups is 1. The van der Waals surface area contributed by atoms with Gasteiger partial charge in [0.15, 0.2) is 0 Å². The number of carbonyl (C=O) groups is 1. The highest BCUT2D eigenvalue weighted by molar-refractivity contribution is 6.01. The Bertz CT molecular complexity index is 982. The minimum atomic E-state index is -0.450. The van der Waals surface area contributed by atoms with Crippen LogP contribution in [0.4, 0.5) is 5.69 Å². The predicted octanol–water partition coefficient (Wildman–Crippen LogP) is 3.87. The molecular formula is C26H36N6O. The summed E-state index contributed by atoms with van der Waals surface area (Å²) in [5.74, 6) is -0.0845. The van der Waals surface area contributed by atoms with Gasteiger partial charge in [0.05, 0.1) is 0 Å². The topological polar surface area (TPSA) is 99.2 Å². The van der Waals surface area contributed by atoms with Gasteiger partial charge in [-0.15, -0.1) is 0 Å². The molecule has 0 bridgehead atoms. The van der Waals surface area contributed by atoms with Gasteiger partial charge in [-0.05, 0) is 70.2 Å². The van der Waals surface area contributed by atoms with Gasteiger partial charge < -0.3 is 10.6 Å². The fraction of sp³-hybridized carbons (Fsp3) is 0.538. The number of nitrogens with one attached hydrogen (secondary N) is 1. The van der Waals surface area contributed by atoms with Crippen LogP contribution in [0.15, 0.2) is 36.5 Å². The smallest absolute Gasteiger partial charge is 0.238 e. The minimum absolute atomic E-state index is 0.0349. The van der Waals surface area contributed by atoms with Crippen molar-refractivity contribution >= 4 is 17.4 Å². The van der Waals surface area contributed by atoms with Crippen LogP contribution in [0, 0.1) is 5.41 Å². The Morgan fingerprint density at radius 3 is 2.58 bits per heavy atom. The van der Waals surface area contributed by atoms with Crippen LogP contribution in [0.1, 0.15) is 75.4 Å². The molecule has 2 aromatic rings. The number of fused-ring (bicyclic) bond motifs is 1. The van der Waals surface area contributed by atoms with E-state index in [0.717, 1.165) is 37.1 Å². The van der Waals surface area contributed by atoms with E-state index < -0.39 is 5.92 Å². The van der Waals surface area contributed by atoms with E-state index in [9.17, 15) is 4.79 Å². The average Bonchev–Trinajstić information content (AvgIpc) is 2.81. The van der Waals surface area contributed by atoms with Crippen molar-refractivity contribution in [3.8, 4) is 0 Å². The zero-order valence-corrected chi connectivity index (χ0v) is 19.8. The number of nitrogen functional groups attached to an aromatic ring is 1. The number of hydrogen-bond acceptors (Lipinski definition) is 5. The number of anilines is 1. The first-order chi connectivity index (χ1) is 16.0. The molecule has 3 N–H and O–H groups in total. The highest BCUT2D eigenvalue weighted by atomic mass is 16.2. The normalized spacial score (nSPS) is 23.4. The van der Waals surface area contributed by atoms with Gasteiger partial charge >= 0.3 is 0 Å². The maximum Gasteiger partial charge on any atom is 0.238 e. The molecular weight excluding hydrogens is 412 g/mol. The molecule has 33 heavy (non-hydrogen) atoms. The molecule has 7 heteroatoms. The van der Waals surface area contributed by atoms with E-state index in [4.69, 9.17) is 11.1 Å². The standard InChI is InChI=1S/C26H36N6O/c1-18-9-8-10-19(2)31(18)15-6-3-7-16-32-23-12-5-4-11-20(23)17-21(26(32)33)25-29-14-13-22(30-25)24(27)28/h4-5,11-14,18-19,21H,3,6-10,15-17H2,1-2H3,(H3,27,28)/t18-,19+,21?. The van der Waals surface area contributed by atoms with E-state index in [0.29, 0.717) is 36.6 Å². The van der Waals surface area contributed by atoms with E-state index in [1.165, 1.54) is 19.3 Å². The summed E-state index contributed by atoms with van der Waals surface area (Å²) in [5, 5.41) is 7.67. The summed E-state index contributed by atoms with van der Waals surface area (Å²) in [7, 11) is 0. The number of aromatic nitrogens is 2. The quantitative estimate of drug-likeness (QED) is 0.363. The molecule has 176 valence electrons. The fourth-order valence-electron chi connectivity index (χ4n) is 5.34. The second kappa shape index (κ2) is 10.4. The second-order valence-electron chi connectivity index (χ2n) is 9.52. The number of amides is 1. The third-order valence-corrected chi connectivity index (χ3v) is 7.21.